The molecule has 2 aliphatic heterocycles. The molecule has 15 nitrogen and oxygen atoms in total. The first-order valence-electron chi connectivity index (χ1n) is 13.9. The van der Waals surface area contributed by atoms with Crippen molar-refractivity contribution in [2.24, 2.45) is 0 Å². The van der Waals surface area contributed by atoms with Crippen LogP contribution in [0.4, 0.5) is 9.59 Å². The maximum Gasteiger partial charge on any atom is 0.410 e. The summed E-state index contributed by atoms with van der Waals surface area (Å²) in [7, 11) is 4.18. The fourth-order valence-electron chi connectivity index (χ4n) is 4.80. The van der Waals surface area contributed by atoms with E-state index >= 15 is 0 Å². The van der Waals surface area contributed by atoms with E-state index in [-0.39, 0.29) is 26.7 Å². The molecule has 3 N–H and O–H groups in total. The largest absolute Gasteiger partial charge is 0.444 e. The molecule has 2 heterocycles. The van der Waals surface area contributed by atoms with E-state index in [2.05, 4.69) is 10.6 Å². The zero-order valence-corrected chi connectivity index (χ0v) is 26.2. The highest BCUT2D eigenvalue weighted by atomic mass is 16.8. The van der Waals surface area contributed by atoms with Crippen LogP contribution in [0.3, 0.4) is 0 Å². The van der Waals surface area contributed by atoms with Gasteiger partial charge < -0.3 is 53.6 Å². The molecule has 0 aromatic carbocycles. The first-order valence-corrected chi connectivity index (χ1v) is 13.9. The van der Waals surface area contributed by atoms with E-state index in [9.17, 15) is 19.5 Å². The topological polar surface area (TPSA) is 173 Å². The Balaban J connectivity index is 2.31. The lowest BCUT2D eigenvalue weighted by atomic mass is 9.82. The van der Waals surface area contributed by atoms with Crippen LogP contribution in [-0.4, -0.2) is 130 Å². The molecule has 2 rings (SSSR count). The summed E-state index contributed by atoms with van der Waals surface area (Å²) >= 11 is 0. The third kappa shape index (κ3) is 10.2. The Morgan fingerprint density at radius 2 is 1.57 bits per heavy atom. The number of rotatable bonds is 12. The second-order valence-electron chi connectivity index (χ2n) is 12.2. The zero-order valence-electron chi connectivity index (χ0n) is 26.2. The molecule has 0 aromatic rings. The van der Waals surface area contributed by atoms with Crippen LogP contribution in [0.25, 0.3) is 0 Å². The lowest BCUT2D eigenvalue weighted by Crippen LogP contribution is -2.75. The van der Waals surface area contributed by atoms with Crippen LogP contribution in [0.5, 0.6) is 0 Å². The van der Waals surface area contributed by atoms with Gasteiger partial charge in [0.05, 0.1) is 6.61 Å². The van der Waals surface area contributed by atoms with Crippen LogP contribution in [0, 0.1) is 0 Å². The van der Waals surface area contributed by atoms with E-state index in [4.69, 9.17) is 37.9 Å². The lowest BCUT2D eigenvalue weighted by Gasteiger charge is -2.51. The number of hydrogen-bond acceptors (Lipinski definition) is 12. The minimum Gasteiger partial charge on any atom is -0.444 e. The van der Waals surface area contributed by atoms with Crippen LogP contribution in [0.2, 0.25) is 0 Å². The van der Waals surface area contributed by atoms with E-state index in [0.29, 0.717) is 19.4 Å². The van der Waals surface area contributed by atoms with Crippen molar-refractivity contribution in [3.8, 4) is 0 Å². The number of hydrogen-bond donors (Lipinski definition) is 3. The van der Waals surface area contributed by atoms with Gasteiger partial charge in [-0.25, -0.2) is 9.59 Å². The SMILES string of the molecule is COCOC1O[C@H](CNC(=O)[C@@H]2CCCN2C(=O)OC(C)(C)C)[C@@H](OCOC)[C@@](O)(COC)[C@H]1NC(=O)OC(C)(C)C. The van der Waals surface area contributed by atoms with Gasteiger partial charge in [0.2, 0.25) is 5.91 Å². The predicted octanol–water partition coefficient (Wildman–Crippen LogP) is 1.11. The monoisotopic (exact) mass is 607 g/mol. The second kappa shape index (κ2) is 15.5. The third-order valence-electron chi connectivity index (χ3n) is 6.37. The smallest absolute Gasteiger partial charge is 0.410 e. The summed E-state index contributed by atoms with van der Waals surface area (Å²) in [5, 5.41) is 17.5. The first-order chi connectivity index (χ1) is 19.6. The van der Waals surface area contributed by atoms with E-state index in [1.807, 2.05) is 0 Å². The third-order valence-corrected chi connectivity index (χ3v) is 6.37. The van der Waals surface area contributed by atoms with Crippen LogP contribution in [0.1, 0.15) is 54.4 Å². The van der Waals surface area contributed by atoms with Crippen LogP contribution < -0.4 is 10.6 Å². The standard InChI is InChI=1S/C27H49N3O12/c1-25(2,3)41-23(32)29-19-22(39-16-37-9)40-18(20(38-15-36-8)27(19,34)14-35-7)13-28-21(31)17-11-10-12-30(17)24(33)42-26(4,5)6/h17-20,22,34H,10-16H2,1-9H3,(H,28,31)(H,29,32)/t17-,18+,19-,20+,22?,27+/m0/s1. The maximum absolute atomic E-state index is 13.3. The van der Waals surface area contributed by atoms with Gasteiger partial charge in [-0.2, -0.15) is 0 Å². The summed E-state index contributed by atoms with van der Waals surface area (Å²) < 4.78 is 44.0. The molecule has 2 aliphatic rings. The molecule has 244 valence electrons. The lowest BCUT2D eigenvalue weighted by molar-refractivity contribution is -0.326. The zero-order chi connectivity index (χ0) is 31.7. The van der Waals surface area contributed by atoms with Crippen molar-refractivity contribution in [3.63, 3.8) is 0 Å². The van der Waals surface area contributed by atoms with Gasteiger partial charge >= 0.3 is 12.2 Å². The van der Waals surface area contributed by atoms with Crippen molar-refractivity contribution < 1.29 is 57.4 Å². The van der Waals surface area contributed by atoms with Crippen LogP contribution >= 0.6 is 0 Å². The van der Waals surface area contributed by atoms with Crippen molar-refractivity contribution in [2.75, 3.05) is 54.6 Å². The van der Waals surface area contributed by atoms with E-state index < -0.39 is 65.5 Å². The molecule has 6 atom stereocenters. The number of alkyl carbamates (subject to hydrolysis) is 1. The molecule has 0 aromatic heterocycles. The Hall–Kier alpha value is -2.27. The molecule has 0 radical (unpaired) electrons. The summed E-state index contributed by atoms with van der Waals surface area (Å²) in [6, 6.07) is -2.00. The van der Waals surface area contributed by atoms with E-state index in [1.54, 1.807) is 41.5 Å². The van der Waals surface area contributed by atoms with Crippen molar-refractivity contribution in [3.05, 3.63) is 0 Å². The fraction of sp³-hybridized carbons (Fsp3) is 0.889. The molecule has 2 saturated heterocycles. The summed E-state index contributed by atoms with van der Waals surface area (Å²) in [6.45, 7) is 9.77. The predicted molar refractivity (Wildman–Crippen MR) is 147 cm³/mol. The van der Waals surface area contributed by atoms with Gasteiger partial charge in [-0.05, 0) is 54.4 Å². The van der Waals surface area contributed by atoms with Gasteiger partial charge in [-0.15, -0.1) is 0 Å². The number of ether oxygens (including phenoxy) is 8. The number of nitrogens with zero attached hydrogens (tertiary/aromatic N) is 1. The van der Waals surface area contributed by atoms with Crippen molar-refractivity contribution in [2.45, 2.75) is 102 Å². The number of carbonyl (C=O) groups is 3. The Bertz CT molecular complexity index is 893. The number of nitrogens with one attached hydrogen (secondary N) is 2. The quantitative estimate of drug-likeness (QED) is 0.270. The van der Waals surface area contributed by atoms with Gasteiger partial charge in [0, 0.05) is 34.4 Å². The molecule has 0 spiro atoms. The molecular formula is C27H49N3O12. The number of methoxy groups -OCH3 is 3. The molecule has 15 heteroatoms. The number of amides is 3. The molecule has 0 saturated carbocycles. The molecule has 42 heavy (non-hydrogen) atoms. The summed E-state index contributed by atoms with van der Waals surface area (Å²) in [5.74, 6) is -0.425. The van der Waals surface area contributed by atoms with Crippen molar-refractivity contribution in [1.29, 1.82) is 0 Å². The summed E-state index contributed by atoms with van der Waals surface area (Å²) in [4.78, 5) is 40.2. The second-order valence-corrected chi connectivity index (χ2v) is 12.2. The maximum atomic E-state index is 13.3. The van der Waals surface area contributed by atoms with Gasteiger partial charge in [0.15, 0.2) is 6.29 Å². The van der Waals surface area contributed by atoms with Crippen molar-refractivity contribution >= 4 is 18.1 Å². The Morgan fingerprint density at radius 3 is 2.14 bits per heavy atom. The van der Waals surface area contributed by atoms with E-state index in [0.717, 1.165) is 0 Å². The molecule has 3 amide bonds. The van der Waals surface area contributed by atoms with Crippen molar-refractivity contribution in [1.82, 2.24) is 15.5 Å². The highest BCUT2D eigenvalue weighted by Crippen LogP contribution is 2.34. The Labute approximate surface area is 247 Å². The van der Waals surface area contributed by atoms with Crippen LogP contribution in [-0.2, 0) is 42.7 Å². The molecule has 2 fully saturated rings. The highest BCUT2D eigenvalue weighted by Gasteiger charge is 2.58. The fourth-order valence-corrected chi connectivity index (χ4v) is 4.80. The first kappa shape index (κ1) is 35.9. The average molecular weight is 608 g/mol. The summed E-state index contributed by atoms with van der Waals surface area (Å²) in [6.07, 6.45) is -3.80. The Morgan fingerprint density at radius 1 is 0.952 bits per heavy atom. The average Bonchev–Trinajstić information content (AvgIpc) is 3.36. The normalized spacial score (nSPS) is 28.3. The van der Waals surface area contributed by atoms with E-state index in [1.165, 1.54) is 26.2 Å². The van der Waals surface area contributed by atoms with Crippen LogP contribution in [0.15, 0.2) is 0 Å². The minimum atomic E-state index is -1.95. The van der Waals surface area contributed by atoms with Gasteiger partial charge in [-0.1, -0.05) is 0 Å². The minimum absolute atomic E-state index is 0.149. The molecule has 0 bridgehead atoms. The van der Waals surface area contributed by atoms with Gasteiger partial charge in [-0.3, -0.25) is 9.69 Å². The molecular weight excluding hydrogens is 558 g/mol. The van der Waals surface area contributed by atoms with Gasteiger partial charge in [0.25, 0.3) is 0 Å². The number of carbonyl (C=O) groups excluding carboxylic acids is 3. The highest BCUT2D eigenvalue weighted by molar-refractivity contribution is 5.86. The van der Waals surface area contributed by atoms with Gasteiger partial charge in [0.1, 0.15) is 54.7 Å². The number of aliphatic hydroxyl groups is 1. The molecule has 1 unspecified atom stereocenters. The molecule has 0 aliphatic carbocycles. The Kier molecular flexibility index (Phi) is 13.2. The summed E-state index contributed by atoms with van der Waals surface area (Å²) in [5.41, 5.74) is -3.49. The number of likely N-dealkylation sites (tertiary alicyclic amines) is 1.